The van der Waals surface area contributed by atoms with Gasteiger partial charge in [-0.3, -0.25) is 4.79 Å². The number of nitrogens with zero attached hydrogens (tertiary/aromatic N) is 3. The lowest BCUT2D eigenvalue weighted by atomic mass is 10.1. The molecule has 1 heterocycles. The van der Waals surface area contributed by atoms with Gasteiger partial charge in [-0.15, -0.1) is 0 Å². The van der Waals surface area contributed by atoms with Crippen LogP contribution in [-0.2, 0) is 0 Å². The molecule has 0 bridgehead atoms. The number of amides is 1. The second kappa shape index (κ2) is 8.40. The van der Waals surface area contributed by atoms with Crippen molar-refractivity contribution in [1.29, 1.82) is 0 Å². The predicted octanol–water partition coefficient (Wildman–Crippen LogP) is 2.52. The number of carbonyl (C=O) groups excluding carboxylic acids is 1. The molecule has 2 rings (SSSR count). The third kappa shape index (κ3) is 5.31. The minimum absolute atomic E-state index is 0.181. The lowest BCUT2D eigenvalue weighted by molar-refractivity contribution is 0.0947. The van der Waals surface area contributed by atoms with E-state index in [9.17, 15) is 4.79 Å². The first-order chi connectivity index (χ1) is 11.5. The second-order valence-electron chi connectivity index (χ2n) is 6.12. The van der Waals surface area contributed by atoms with Crippen LogP contribution < -0.4 is 10.6 Å². The molecule has 0 saturated heterocycles. The predicted molar refractivity (Wildman–Crippen MR) is 96.7 cm³/mol. The maximum Gasteiger partial charge on any atom is 0.270 e. The molecular formula is C18H25N5O. The van der Waals surface area contributed by atoms with Gasteiger partial charge in [0.15, 0.2) is 0 Å². The molecule has 0 aliphatic heterocycles. The first kappa shape index (κ1) is 17.9. The highest BCUT2D eigenvalue weighted by atomic mass is 16.1. The van der Waals surface area contributed by atoms with Crippen molar-refractivity contribution in [3.05, 3.63) is 47.3 Å². The van der Waals surface area contributed by atoms with E-state index in [2.05, 4.69) is 38.5 Å². The molecule has 0 atom stereocenters. The standard InChI is InChI=1S/C18H25N5O/c1-13-6-7-15(14(2)12-13)21-18-20-10-8-16(22-18)17(24)19-9-5-11-23(3)4/h6-8,10,12H,5,9,11H2,1-4H3,(H,19,24)(H,20,21,22). The van der Waals surface area contributed by atoms with E-state index < -0.39 is 0 Å². The van der Waals surface area contributed by atoms with Crippen LogP contribution in [0.15, 0.2) is 30.5 Å². The highest BCUT2D eigenvalue weighted by molar-refractivity contribution is 5.92. The van der Waals surface area contributed by atoms with Crippen LogP contribution >= 0.6 is 0 Å². The Morgan fingerprint density at radius 3 is 2.71 bits per heavy atom. The molecule has 1 aromatic carbocycles. The summed E-state index contributed by atoms with van der Waals surface area (Å²) >= 11 is 0. The first-order valence-corrected chi connectivity index (χ1v) is 8.06. The van der Waals surface area contributed by atoms with Gasteiger partial charge in [-0.05, 0) is 58.6 Å². The van der Waals surface area contributed by atoms with Crippen molar-refractivity contribution in [2.45, 2.75) is 20.3 Å². The van der Waals surface area contributed by atoms with Crippen LogP contribution in [0.3, 0.4) is 0 Å². The fourth-order valence-corrected chi connectivity index (χ4v) is 2.31. The van der Waals surface area contributed by atoms with E-state index in [0.717, 1.165) is 24.2 Å². The van der Waals surface area contributed by atoms with Crippen molar-refractivity contribution in [3.8, 4) is 0 Å². The zero-order chi connectivity index (χ0) is 17.5. The van der Waals surface area contributed by atoms with Crippen molar-refractivity contribution in [3.63, 3.8) is 0 Å². The maximum atomic E-state index is 12.2. The average molecular weight is 327 g/mol. The van der Waals surface area contributed by atoms with Crippen LogP contribution in [0.25, 0.3) is 0 Å². The number of nitrogens with one attached hydrogen (secondary N) is 2. The SMILES string of the molecule is Cc1ccc(Nc2nccc(C(=O)NCCCN(C)C)n2)c(C)c1. The molecule has 0 spiro atoms. The number of benzene rings is 1. The molecule has 24 heavy (non-hydrogen) atoms. The number of rotatable bonds is 7. The Bertz CT molecular complexity index is 700. The lowest BCUT2D eigenvalue weighted by Gasteiger charge is -2.11. The van der Waals surface area contributed by atoms with E-state index in [1.165, 1.54) is 5.56 Å². The number of aryl methyl sites for hydroxylation is 2. The zero-order valence-corrected chi connectivity index (χ0v) is 14.8. The molecule has 6 heteroatoms. The molecule has 1 amide bonds. The van der Waals surface area contributed by atoms with Gasteiger partial charge in [-0.25, -0.2) is 9.97 Å². The summed E-state index contributed by atoms with van der Waals surface area (Å²) in [6, 6.07) is 7.72. The van der Waals surface area contributed by atoms with Crippen molar-refractivity contribution in [2.24, 2.45) is 0 Å². The number of carbonyl (C=O) groups is 1. The fraction of sp³-hybridized carbons (Fsp3) is 0.389. The van der Waals surface area contributed by atoms with Crippen LogP contribution in [0.5, 0.6) is 0 Å². The first-order valence-electron chi connectivity index (χ1n) is 8.06. The molecule has 0 fully saturated rings. The van der Waals surface area contributed by atoms with E-state index in [-0.39, 0.29) is 5.91 Å². The van der Waals surface area contributed by atoms with Gasteiger partial charge in [0.25, 0.3) is 5.91 Å². The molecule has 128 valence electrons. The fourth-order valence-electron chi connectivity index (χ4n) is 2.31. The van der Waals surface area contributed by atoms with Gasteiger partial charge in [-0.1, -0.05) is 17.7 Å². The Balaban J connectivity index is 1.99. The van der Waals surface area contributed by atoms with Gasteiger partial charge in [0.2, 0.25) is 5.95 Å². The molecule has 0 aliphatic rings. The summed E-state index contributed by atoms with van der Waals surface area (Å²) in [5.41, 5.74) is 3.60. The van der Waals surface area contributed by atoms with Crippen LogP contribution in [0, 0.1) is 13.8 Å². The van der Waals surface area contributed by atoms with Gasteiger partial charge in [0.1, 0.15) is 5.69 Å². The van der Waals surface area contributed by atoms with Gasteiger partial charge < -0.3 is 15.5 Å². The smallest absolute Gasteiger partial charge is 0.270 e. The van der Waals surface area contributed by atoms with Crippen molar-refractivity contribution < 1.29 is 4.79 Å². The summed E-state index contributed by atoms with van der Waals surface area (Å²) in [4.78, 5) is 22.7. The molecule has 2 N–H and O–H groups in total. The lowest BCUT2D eigenvalue weighted by Crippen LogP contribution is -2.28. The maximum absolute atomic E-state index is 12.2. The second-order valence-corrected chi connectivity index (χ2v) is 6.12. The number of hydrogen-bond acceptors (Lipinski definition) is 5. The van der Waals surface area contributed by atoms with Crippen molar-refractivity contribution in [2.75, 3.05) is 32.5 Å². The van der Waals surface area contributed by atoms with Gasteiger partial charge >= 0.3 is 0 Å². The van der Waals surface area contributed by atoms with Gasteiger partial charge in [-0.2, -0.15) is 0 Å². The number of anilines is 2. The van der Waals surface area contributed by atoms with Crippen LogP contribution in [0.1, 0.15) is 28.0 Å². The molecule has 2 aromatic rings. The molecule has 0 saturated carbocycles. The Morgan fingerprint density at radius 2 is 2.00 bits per heavy atom. The van der Waals surface area contributed by atoms with Crippen LogP contribution in [-0.4, -0.2) is 48.0 Å². The summed E-state index contributed by atoms with van der Waals surface area (Å²) < 4.78 is 0. The molecule has 0 unspecified atom stereocenters. The largest absolute Gasteiger partial charge is 0.351 e. The van der Waals surface area contributed by atoms with E-state index in [1.54, 1.807) is 12.3 Å². The highest BCUT2D eigenvalue weighted by Crippen LogP contribution is 2.19. The topological polar surface area (TPSA) is 70.2 Å². The Labute approximate surface area is 143 Å². The summed E-state index contributed by atoms with van der Waals surface area (Å²) in [6.45, 7) is 5.63. The van der Waals surface area contributed by atoms with E-state index in [4.69, 9.17) is 0 Å². The van der Waals surface area contributed by atoms with Gasteiger partial charge in [0.05, 0.1) is 0 Å². The van der Waals surface area contributed by atoms with Crippen LogP contribution in [0.4, 0.5) is 11.6 Å². The summed E-state index contributed by atoms with van der Waals surface area (Å²) in [5, 5.41) is 6.05. The molecule has 6 nitrogen and oxygen atoms in total. The average Bonchev–Trinajstić information content (AvgIpc) is 2.54. The quantitative estimate of drug-likeness (QED) is 0.765. The molecule has 0 radical (unpaired) electrons. The Kier molecular flexibility index (Phi) is 6.26. The van der Waals surface area contributed by atoms with E-state index in [1.807, 2.05) is 33.2 Å². The number of aromatic nitrogens is 2. The van der Waals surface area contributed by atoms with E-state index >= 15 is 0 Å². The Morgan fingerprint density at radius 1 is 1.21 bits per heavy atom. The monoisotopic (exact) mass is 327 g/mol. The van der Waals surface area contributed by atoms with Crippen molar-refractivity contribution >= 4 is 17.5 Å². The highest BCUT2D eigenvalue weighted by Gasteiger charge is 2.09. The molecule has 1 aromatic heterocycles. The summed E-state index contributed by atoms with van der Waals surface area (Å²) in [7, 11) is 4.02. The molecular weight excluding hydrogens is 302 g/mol. The van der Waals surface area contributed by atoms with Gasteiger partial charge in [0, 0.05) is 18.4 Å². The van der Waals surface area contributed by atoms with Crippen LogP contribution in [0.2, 0.25) is 0 Å². The minimum Gasteiger partial charge on any atom is -0.351 e. The molecule has 0 aliphatic carbocycles. The summed E-state index contributed by atoms with van der Waals surface area (Å²) in [6.07, 6.45) is 2.49. The summed E-state index contributed by atoms with van der Waals surface area (Å²) in [5.74, 6) is 0.239. The number of hydrogen-bond donors (Lipinski definition) is 2. The minimum atomic E-state index is -0.181. The Hall–Kier alpha value is -2.47. The van der Waals surface area contributed by atoms with E-state index in [0.29, 0.717) is 18.2 Å². The third-order valence-corrected chi connectivity index (χ3v) is 3.58. The van der Waals surface area contributed by atoms with Crippen molar-refractivity contribution in [1.82, 2.24) is 20.2 Å². The normalized spacial score (nSPS) is 10.7. The third-order valence-electron chi connectivity index (χ3n) is 3.58. The zero-order valence-electron chi connectivity index (χ0n) is 14.8.